The second-order valence-corrected chi connectivity index (χ2v) is 11.8. The van der Waals surface area contributed by atoms with Crippen molar-refractivity contribution in [2.75, 3.05) is 0 Å². The summed E-state index contributed by atoms with van der Waals surface area (Å²) in [7, 11) is 0. The molecule has 0 saturated heterocycles. The van der Waals surface area contributed by atoms with E-state index in [4.69, 9.17) is 12.8 Å². The SMILES string of the molecule is C1CCCC1.C1CCCC1.C1CCCC1.C1CCCC1.[C-]#CC(C)(C)C.[C-]#CC(C)(C)C.[Ti+3].[Zr+3]. The van der Waals surface area contributed by atoms with E-state index in [0.29, 0.717) is 0 Å². The molecule has 2 radical (unpaired) electrons. The van der Waals surface area contributed by atoms with E-state index in [9.17, 15) is 0 Å². The Morgan fingerprint density at radius 2 is 0.412 bits per heavy atom. The van der Waals surface area contributed by atoms with Gasteiger partial charge in [-0.2, -0.15) is 0 Å². The molecule has 4 aliphatic carbocycles. The van der Waals surface area contributed by atoms with Gasteiger partial charge in [0.25, 0.3) is 0 Å². The van der Waals surface area contributed by atoms with E-state index in [1.165, 1.54) is 128 Å². The van der Waals surface area contributed by atoms with Crippen LogP contribution in [0.5, 0.6) is 0 Å². The molecule has 0 heterocycles. The van der Waals surface area contributed by atoms with Gasteiger partial charge in [0, 0.05) is 0 Å². The molecule has 0 aliphatic heterocycles. The molecule has 0 aromatic carbocycles. The Morgan fingerprint density at radius 1 is 0.353 bits per heavy atom. The molecule has 34 heavy (non-hydrogen) atoms. The van der Waals surface area contributed by atoms with Gasteiger partial charge in [0.1, 0.15) is 0 Å². The van der Waals surface area contributed by atoms with Crippen molar-refractivity contribution in [2.45, 2.75) is 170 Å². The summed E-state index contributed by atoms with van der Waals surface area (Å²) in [6.45, 7) is 11.7. The molecule has 0 spiro atoms. The first-order valence-corrected chi connectivity index (χ1v) is 14.0. The van der Waals surface area contributed by atoms with Crippen LogP contribution in [0.3, 0.4) is 0 Å². The largest absolute Gasteiger partial charge is 3.00 e. The van der Waals surface area contributed by atoms with Gasteiger partial charge in [0.05, 0.1) is 0 Å². The second-order valence-electron chi connectivity index (χ2n) is 11.8. The van der Waals surface area contributed by atoms with Crippen molar-refractivity contribution in [3.05, 3.63) is 12.8 Å². The second kappa shape index (κ2) is 29.9. The third kappa shape index (κ3) is 46.1. The molecule has 0 nitrogen and oxygen atoms in total. The fraction of sp³-hybridized carbons (Fsp3) is 0.875. The molecule has 0 amide bonds. The molecule has 0 N–H and O–H groups in total. The van der Waals surface area contributed by atoms with Crippen molar-refractivity contribution >= 4 is 0 Å². The van der Waals surface area contributed by atoms with Crippen molar-refractivity contribution in [3.63, 3.8) is 0 Å². The maximum atomic E-state index is 6.60. The summed E-state index contributed by atoms with van der Waals surface area (Å²) >= 11 is 0. The van der Waals surface area contributed by atoms with Crippen LogP contribution in [0.4, 0.5) is 0 Å². The average molecular weight is 582 g/mol. The smallest absolute Gasteiger partial charge is 0.693 e. The van der Waals surface area contributed by atoms with Crippen molar-refractivity contribution in [3.8, 4) is 11.8 Å². The van der Waals surface area contributed by atoms with Crippen LogP contribution >= 0.6 is 0 Å². The minimum Gasteiger partial charge on any atom is -0.693 e. The zero-order chi connectivity index (χ0) is 24.6. The van der Waals surface area contributed by atoms with Gasteiger partial charge in [-0.1, -0.05) is 170 Å². The van der Waals surface area contributed by atoms with Crippen LogP contribution in [0.15, 0.2) is 0 Å². The van der Waals surface area contributed by atoms with E-state index in [1.807, 2.05) is 41.5 Å². The van der Waals surface area contributed by atoms with Crippen molar-refractivity contribution in [2.24, 2.45) is 10.8 Å². The van der Waals surface area contributed by atoms with Gasteiger partial charge in [0.2, 0.25) is 0 Å². The Morgan fingerprint density at radius 3 is 0.441 bits per heavy atom. The number of hydrogen-bond acceptors (Lipinski definition) is 0. The van der Waals surface area contributed by atoms with Gasteiger partial charge in [0.15, 0.2) is 0 Å². The topological polar surface area (TPSA) is 0 Å². The van der Waals surface area contributed by atoms with Crippen LogP contribution in [-0.2, 0) is 47.9 Å². The van der Waals surface area contributed by atoms with Gasteiger partial charge in [-0.25, -0.2) is 0 Å². The zero-order valence-corrected chi connectivity index (χ0v) is 28.2. The summed E-state index contributed by atoms with van der Waals surface area (Å²) in [6.07, 6.45) is 43.2. The normalized spacial score (nSPS) is 17.8. The van der Waals surface area contributed by atoms with E-state index in [2.05, 4.69) is 11.8 Å². The minimum atomic E-state index is -0.0417. The van der Waals surface area contributed by atoms with E-state index < -0.39 is 0 Å². The van der Waals surface area contributed by atoms with Gasteiger partial charge < -0.3 is 24.7 Å². The molecule has 4 saturated carbocycles. The Balaban J connectivity index is -0.000000157. The first-order valence-electron chi connectivity index (χ1n) is 14.0. The molecule has 0 unspecified atom stereocenters. The zero-order valence-electron chi connectivity index (χ0n) is 24.1. The summed E-state index contributed by atoms with van der Waals surface area (Å²) in [5, 5.41) is 0. The average Bonchev–Trinajstić information content (AvgIpc) is 3.61. The molecule has 4 aliphatic rings. The van der Waals surface area contributed by atoms with Crippen LogP contribution in [-0.4, -0.2) is 0 Å². The first kappa shape index (κ1) is 41.8. The molecule has 0 aromatic heterocycles. The predicted molar refractivity (Wildman–Crippen MR) is 146 cm³/mol. The third-order valence-electron chi connectivity index (χ3n) is 5.75. The number of rotatable bonds is 0. The Kier molecular flexibility index (Phi) is 36.8. The summed E-state index contributed by atoms with van der Waals surface area (Å²) in [4.78, 5) is 0. The third-order valence-corrected chi connectivity index (χ3v) is 5.75. The van der Waals surface area contributed by atoms with Gasteiger partial charge in [-0.15, -0.1) is 0 Å². The molecule has 0 atom stereocenters. The van der Waals surface area contributed by atoms with E-state index >= 15 is 0 Å². The van der Waals surface area contributed by atoms with Crippen LogP contribution in [0, 0.1) is 35.5 Å². The Labute approximate surface area is 251 Å². The molecule has 2 heteroatoms. The van der Waals surface area contributed by atoms with Gasteiger partial charge in [-0.05, 0) is 10.8 Å². The monoisotopic (exact) mass is 580 g/mol. The van der Waals surface area contributed by atoms with Crippen molar-refractivity contribution < 1.29 is 47.9 Å². The molecular weight excluding hydrogens is 523 g/mol. The van der Waals surface area contributed by atoms with Crippen LogP contribution in [0.2, 0.25) is 0 Å². The van der Waals surface area contributed by atoms with E-state index in [0.717, 1.165) is 0 Å². The Bertz CT molecular complexity index is 345. The molecule has 190 valence electrons. The molecule has 0 aromatic rings. The van der Waals surface area contributed by atoms with Gasteiger partial charge >= 0.3 is 47.9 Å². The van der Waals surface area contributed by atoms with E-state index in [-0.39, 0.29) is 58.8 Å². The van der Waals surface area contributed by atoms with E-state index in [1.54, 1.807) is 0 Å². The van der Waals surface area contributed by atoms with Crippen LogP contribution < -0.4 is 0 Å². The van der Waals surface area contributed by atoms with Crippen molar-refractivity contribution in [1.82, 2.24) is 0 Å². The predicted octanol–water partition coefficient (Wildman–Crippen LogP) is 11.0. The fourth-order valence-electron chi connectivity index (χ4n) is 3.54. The molecule has 0 bridgehead atoms. The van der Waals surface area contributed by atoms with Crippen molar-refractivity contribution in [1.29, 1.82) is 0 Å². The molecular formula is C32H58TiZr+4. The first-order chi connectivity index (χ1) is 15.1. The quantitative estimate of drug-likeness (QED) is 0.152. The fourth-order valence-corrected chi connectivity index (χ4v) is 3.54. The minimum absolute atomic E-state index is 0. The summed E-state index contributed by atoms with van der Waals surface area (Å²) in [5.74, 6) is 4.71. The Hall–Kier alpha value is 0.717. The molecule has 4 fully saturated rings. The summed E-state index contributed by atoms with van der Waals surface area (Å²) in [5.41, 5.74) is -0.0833. The molecule has 4 rings (SSSR count). The maximum absolute atomic E-state index is 6.60. The maximum Gasteiger partial charge on any atom is 3.00 e. The summed E-state index contributed by atoms with van der Waals surface area (Å²) < 4.78 is 0. The standard InChI is InChI=1S/2C6H9.4C5H10.Ti.Zr/c2*1-5-6(2,3)4;4*1-2-4-5-3-1;;/h2*2-4H3;4*1-5H2;;/q2*-1;;;;;2*+3. The van der Waals surface area contributed by atoms with Crippen LogP contribution in [0.25, 0.3) is 0 Å². The summed E-state index contributed by atoms with van der Waals surface area (Å²) in [6, 6.07) is 0. The van der Waals surface area contributed by atoms with Crippen LogP contribution in [0.1, 0.15) is 170 Å². The van der Waals surface area contributed by atoms with Gasteiger partial charge in [-0.3, -0.25) is 0 Å². The number of hydrogen-bond donors (Lipinski definition) is 0.